The molecule has 4 heteroatoms. The van der Waals surface area contributed by atoms with E-state index in [-0.39, 0.29) is 0 Å². The Labute approximate surface area is 121 Å². The zero-order chi connectivity index (χ0) is 14.8. The third-order valence-corrected chi connectivity index (χ3v) is 4.12. The number of anilines is 1. The summed E-state index contributed by atoms with van der Waals surface area (Å²) in [7, 11) is 0. The van der Waals surface area contributed by atoms with Crippen LogP contribution in [0.15, 0.2) is 24.3 Å². The molecule has 1 aliphatic rings. The Balaban J connectivity index is 1.99. The maximum Gasteiger partial charge on any atom is 0.237 e. The van der Waals surface area contributed by atoms with Crippen molar-refractivity contribution < 1.29 is 4.79 Å². The van der Waals surface area contributed by atoms with Gasteiger partial charge in [-0.3, -0.25) is 4.79 Å². The van der Waals surface area contributed by atoms with Crippen molar-refractivity contribution in [1.82, 2.24) is 0 Å². The van der Waals surface area contributed by atoms with Crippen LogP contribution >= 0.6 is 0 Å². The number of hydrogen-bond donors (Lipinski definition) is 2. The first-order chi connectivity index (χ1) is 9.40. The number of nitrogens with zero attached hydrogens (tertiary/aromatic N) is 1. The van der Waals surface area contributed by atoms with E-state index in [1.54, 1.807) is 6.92 Å². The standard InChI is InChI=1S/C16H25N3O/c1-12-10-13-6-3-4-7-14(13)19(11-12)9-5-8-16(2,18)15(17)20/h3-4,6-7,12H,5,8-11,18H2,1-2H3,(H2,17,20). The van der Waals surface area contributed by atoms with E-state index in [9.17, 15) is 4.79 Å². The molecule has 2 rings (SSSR count). The molecule has 0 radical (unpaired) electrons. The van der Waals surface area contributed by atoms with Crippen molar-refractivity contribution in [3.8, 4) is 0 Å². The number of para-hydroxylation sites is 1. The zero-order valence-corrected chi connectivity index (χ0v) is 12.4. The summed E-state index contributed by atoms with van der Waals surface area (Å²) in [5, 5.41) is 0. The molecule has 1 aromatic carbocycles. The van der Waals surface area contributed by atoms with Gasteiger partial charge < -0.3 is 16.4 Å². The summed E-state index contributed by atoms with van der Waals surface area (Å²) in [4.78, 5) is 13.6. The molecule has 1 heterocycles. The molecule has 1 aromatic rings. The molecule has 1 amide bonds. The second-order valence-electron chi connectivity index (χ2n) is 6.27. The minimum Gasteiger partial charge on any atom is -0.371 e. The van der Waals surface area contributed by atoms with Gasteiger partial charge in [-0.2, -0.15) is 0 Å². The van der Waals surface area contributed by atoms with Crippen LogP contribution in [0.2, 0.25) is 0 Å². The number of fused-ring (bicyclic) bond motifs is 1. The van der Waals surface area contributed by atoms with E-state index in [0.29, 0.717) is 12.3 Å². The maximum atomic E-state index is 11.2. The fraction of sp³-hybridized carbons (Fsp3) is 0.562. The van der Waals surface area contributed by atoms with E-state index >= 15 is 0 Å². The average Bonchev–Trinajstić information content (AvgIpc) is 2.38. The van der Waals surface area contributed by atoms with Crippen molar-refractivity contribution in [2.24, 2.45) is 17.4 Å². The van der Waals surface area contributed by atoms with E-state index in [4.69, 9.17) is 11.5 Å². The molecular formula is C16H25N3O. The van der Waals surface area contributed by atoms with Gasteiger partial charge in [-0.25, -0.2) is 0 Å². The molecule has 0 saturated carbocycles. The van der Waals surface area contributed by atoms with Gasteiger partial charge in [-0.05, 0) is 43.7 Å². The van der Waals surface area contributed by atoms with Crippen molar-refractivity contribution in [2.45, 2.75) is 38.6 Å². The summed E-state index contributed by atoms with van der Waals surface area (Å²) in [5.41, 5.74) is 13.0. The SMILES string of the molecule is CC1Cc2ccccc2N(CCCC(C)(N)C(N)=O)C1. The van der Waals surface area contributed by atoms with Crippen LogP contribution in [0, 0.1) is 5.92 Å². The van der Waals surface area contributed by atoms with E-state index in [1.165, 1.54) is 11.3 Å². The molecule has 4 nitrogen and oxygen atoms in total. The molecule has 1 aliphatic heterocycles. The predicted octanol–water partition coefficient (Wildman–Crippen LogP) is 1.67. The first-order valence-corrected chi connectivity index (χ1v) is 7.32. The van der Waals surface area contributed by atoms with Gasteiger partial charge in [0.2, 0.25) is 5.91 Å². The van der Waals surface area contributed by atoms with Crippen molar-refractivity contribution in [1.29, 1.82) is 0 Å². The minimum absolute atomic E-state index is 0.426. The van der Waals surface area contributed by atoms with Crippen LogP contribution in [-0.4, -0.2) is 24.5 Å². The van der Waals surface area contributed by atoms with Crippen LogP contribution in [0.4, 0.5) is 5.69 Å². The minimum atomic E-state index is -0.902. The zero-order valence-electron chi connectivity index (χ0n) is 12.4. The lowest BCUT2D eigenvalue weighted by Gasteiger charge is -2.35. The molecule has 0 fully saturated rings. The Kier molecular flexibility index (Phi) is 4.33. The molecule has 4 N–H and O–H groups in total. The van der Waals surface area contributed by atoms with Gasteiger partial charge in [0.15, 0.2) is 0 Å². The number of amides is 1. The molecule has 2 atom stereocenters. The summed E-state index contributed by atoms with van der Waals surface area (Å²) in [6.45, 7) is 5.97. The Morgan fingerprint density at radius 3 is 2.85 bits per heavy atom. The molecule has 2 unspecified atom stereocenters. The van der Waals surface area contributed by atoms with Crippen LogP contribution in [0.1, 0.15) is 32.3 Å². The molecule has 0 spiro atoms. The summed E-state index contributed by atoms with van der Waals surface area (Å²) >= 11 is 0. The Morgan fingerprint density at radius 2 is 2.15 bits per heavy atom. The number of primary amides is 1. The van der Waals surface area contributed by atoms with Gasteiger partial charge >= 0.3 is 0 Å². The second kappa shape index (κ2) is 5.83. The maximum absolute atomic E-state index is 11.2. The van der Waals surface area contributed by atoms with Gasteiger partial charge in [-0.1, -0.05) is 25.1 Å². The molecular weight excluding hydrogens is 250 g/mol. The average molecular weight is 275 g/mol. The fourth-order valence-corrected chi connectivity index (χ4v) is 2.88. The van der Waals surface area contributed by atoms with Gasteiger partial charge in [0.1, 0.15) is 0 Å². The van der Waals surface area contributed by atoms with Gasteiger partial charge in [0.05, 0.1) is 5.54 Å². The normalized spacial score (nSPS) is 21.1. The largest absolute Gasteiger partial charge is 0.371 e. The fourth-order valence-electron chi connectivity index (χ4n) is 2.88. The molecule has 0 saturated heterocycles. The van der Waals surface area contributed by atoms with Gasteiger partial charge in [-0.15, -0.1) is 0 Å². The highest BCUT2D eigenvalue weighted by molar-refractivity contribution is 5.83. The lowest BCUT2D eigenvalue weighted by atomic mass is 9.92. The monoisotopic (exact) mass is 275 g/mol. The summed E-state index contributed by atoms with van der Waals surface area (Å²) in [6.07, 6.45) is 2.63. The molecule has 110 valence electrons. The van der Waals surface area contributed by atoms with Crippen molar-refractivity contribution in [2.75, 3.05) is 18.0 Å². The van der Waals surface area contributed by atoms with Crippen LogP contribution in [0.25, 0.3) is 0 Å². The summed E-state index contributed by atoms with van der Waals surface area (Å²) in [5.74, 6) is 0.232. The van der Waals surface area contributed by atoms with E-state index in [0.717, 1.165) is 25.9 Å². The highest BCUT2D eigenvalue weighted by Crippen LogP contribution is 2.29. The third-order valence-electron chi connectivity index (χ3n) is 4.12. The van der Waals surface area contributed by atoms with Crippen LogP contribution < -0.4 is 16.4 Å². The van der Waals surface area contributed by atoms with Crippen molar-refractivity contribution in [3.63, 3.8) is 0 Å². The predicted molar refractivity (Wildman–Crippen MR) is 82.5 cm³/mol. The van der Waals surface area contributed by atoms with Crippen LogP contribution in [0.5, 0.6) is 0 Å². The van der Waals surface area contributed by atoms with E-state index in [1.807, 2.05) is 0 Å². The number of nitrogens with two attached hydrogens (primary N) is 2. The first kappa shape index (κ1) is 14.9. The smallest absolute Gasteiger partial charge is 0.237 e. The third kappa shape index (κ3) is 3.31. The van der Waals surface area contributed by atoms with Gasteiger partial charge in [0, 0.05) is 18.8 Å². The number of carbonyl (C=O) groups excluding carboxylic acids is 1. The molecule has 0 aliphatic carbocycles. The van der Waals surface area contributed by atoms with Crippen LogP contribution in [-0.2, 0) is 11.2 Å². The molecule has 0 bridgehead atoms. The number of benzene rings is 1. The topological polar surface area (TPSA) is 72.3 Å². The van der Waals surface area contributed by atoms with E-state index in [2.05, 4.69) is 36.1 Å². The number of rotatable bonds is 5. The Hall–Kier alpha value is -1.55. The lowest BCUT2D eigenvalue weighted by Crippen LogP contribution is -2.49. The first-order valence-electron chi connectivity index (χ1n) is 7.32. The quantitative estimate of drug-likeness (QED) is 0.858. The van der Waals surface area contributed by atoms with E-state index < -0.39 is 11.4 Å². The van der Waals surface area contributed by atoms with Crippen molar-refractivity contribution in [3.05, 3.63) is 29.8 Å². The second-order valence-corrected chi connectivity index (χ2v) is 6.27. The number of carbonyl (C=O) groups is 1. The highest BCUT2D eigenvalue weighted by Gasteiger charge is 2.26. The summed E-state index contributed by atoms with van der Waals surface area (Å²) in [6, 6.07) is 8.56. The lowest BCUT2D eigenvalue weighted by molar-refractivity contribution is -0.122. The Morgan fingerprint density at radius 1 is 1.45 bits per heavy atom. The highest BCUT2D eigenvalue weighted by atomic mass is 16.1. The molecule has 20 heavy (non-hydrogen) atoms. The van der Waals surface area contributed by atoms with Crippen molar-refractivity contribution >= 4 is 11.6 Å². The number of hydrogen-bond acceptors (Lipinski definition) is 3. The van der Waals surface area contributed by atoms with Gasteiger partial charge in [0.25, 0.3) is 0 Å². The Bertz CT molecular complexity index is 484. The van der Waals surface area contributed by atoms with Crippen LogP contribution in [0.3, 0.4) is 0 Å². The summed E-state index contributed by atoms with van der Waals surface area (Å²) < 4.78 is 0. The molecule has 0 aromatic heterocycles.